The van der Waals surface area contributed by atoms with Crippen LogP contribution in [0.15, 0.2) is 29.2 Å². The molecule has 1 N–H and O–H groups in total. The van der Waals surface area contributed by atoms with Crippen LogP contribution in [0, 0.1) is 0 Å². The predicted octanol–water partition coefficient (Wildman–Crippen LogP) is 1.84. The number of piperazine rings is 1. The molecule has 2 heterocycles. The van der Waals surface area contributed by atoms with Crippen LogP contribution in [0.4, 0.5) is 0 Å². The summed E-state index contributed by atoms with van der Waals surface area (Å²) in [4.78, 5) is 14.5. The minimum Gasteiger partial charge on any atom is -0.314 e. The van der Waals surface area contributed by atoms with Crippen molar-refractivity contribution in [2.45, 2.75) is 57.2 Å². The zero-order valence-corrected chi connectivity index (χ0v) is 13.3. The lowest BCUT2D eigenvalue weighted by Crippen LogP contribution is -2.67. The van der Waals surface area contributed by atoms with E-state index in [0.29, 0.717) is 5.54 Å². The molecule has 0 unspecified atom stereocenters. The zero-order chi connectivity index (χ0) is 14.9. The predicted molar refractivity (Wildman–Crippen MR) is 85.6 cm³/mol. The number of pyridine rings is 1. The summed E-state index contributed by atoms with van der Waals surface area (Å²) in [6.07, 6.45) is 7.16. The van der Waals surface area contributed by atoms with Gasteiger partial charge in [-0.05, 0) is 32.8 Å². The van der Waals surface area contributed by atoms with Crippen LogP contribution >= 0.6 is 0 Å². The van der Waals surface area contributed by atoms with Gasteiger partial charge in [0.15, 0.2) is 0 Å². The Morgan fingerprint density at radius 2 is 1.95 bits per heavy atom. The average Bonchev–Trinajstić information content (AvgIpc) is 2.92. The normalized spacial score (nSPS) is 24.5. The lowest BCUT2D eigenvalue weighted by Gasteiger charge is -2.51. The summed E-state index contributed by atoms with van der Waals surface area (Å²) in [5.74, 6) is 0. The van der Waals surface area contributed by atoms with Gasteiger partial charge in [-0.15, -0.1) is 0 Å². The van der Waals surface area contributed by atoms with Crippen LogP contribution in [0.2, 0.25) is 0 Å². The van der Waals surface area contributed by atoms with Gasteiger partial charge in [0, 0.05) is 49.5 Å². The molecule has 1 aromatic heterocycles. The molecule has 1 aromatic rings. The van der Waals surface area contributed by atoms with Gasteiger partial charge in [0.2, 0.25) is 0 Å². The van der Waals surface area contributed by atoms with Gasteiger partial charge >= 0.3 is 0 Å². The zero-order valence-electron chi connectivity index (χ0n) is 13.3. The van der Waals surface area contributed by atoms with Crippen LogP contribution < -0.4 is 10.9 Å². The van der Waals surface area contributed by atoms with Gasteiger partial charge in [-0.2, -0.15) is 0 Å². The first-order valence-corrected chi connectivity index (χ1v) is 8.16. The molecule has 4 heteroatoms. The van der Waals surface area contributed by atoms with Gasteiger partial charge in [0.25, 0.3) is 5.56 Å². The molecule has 4 nitrogen and oxygen atoms in total. The Labute approximate surface area is 127 Å². The van der Waals surface area contributed by atoms with Crippen molar-refractivity contribution in [1.29, 1.82) is 0 Å². The van der Waals surface area contributed by atoms with Crippen LogP contribution in [0.5, 0.6) is 0 Å². The van der Waals surface area contributed by atoms with Crippen molar-refractivity contribution < 1.29 is 0 Å². The summed E-state index contributed by atoms with van der Waals surface area (Å²) in [5.41, 5.74) is 0.594. The second-order valence-electron chi connectivity index (χ2n) is 7.32. The average molecular weight is 289 g/mol. The standard InChI is InChI=1S/C17H27N3O/c1-16(2)14-20(17(13-18-16)8-4-5-9-17)12-11-19-10-6-3-7-15(19)21/h3,6-7,10,18H,4-5,8-9,11-14H2,1-2H3. The Hall–Kier alpha value is -1.13. The summed E-state index contributed by atoms with van der Waals surface area (Å²) in [6, 6.07) is 5.40. The maximum atomic E-state index is 11.9. The first-order chi connectivity index (χ1) is 10.0. The third kappa shape index (κ3) is 3.06. The highest BCUT2D eigenvalue weighted by Gasteiger charge is 2.45. The number of hydrogen-bond acceptors (Lipinski definition) is 3. The summed E-state index contributed by atoms with van der Waals surface area (Å²) < 4.78 is 1.83. The van der Waals surface area contributed by atoms with E-state index in [4.69, 9.17) is 0 Å². The molecule has 3 rings (SSSR count). The molecule has 2 aliphatic rings. The molecule has 0 bridgehead atoms. The van der Waals surface area contributed by atoms with E-state index in [1.165, 1.54) is 25.7 Å². The SMILES string of the molecule is CC1(C)CN(CCn2ccccc2=O)C2(CCCC2)CN1. The minimum absolute atomic E-state index is 0.104. The van der Waals surface area contributed by atoms with Gasteiger partial charge < -0.3 is 9.88 Å². The summed E-state index contributed by atoms with van der Waals surface area (Å²) >= 11 is 0. The largest absolute Gasteiger partial charge is 0.314 e. The van der Waals surface area contributed by atoms with Crippen molar-refractivity contribution in [3.63, 3.8) is 0 Å². The van der Waals surface area contributed by atoms with E-state index in [2.05, 4.69) is 24.1 Å². The lowest BCUT2D eigenvalue weighted by atomic mass is 9.87. The Morgan fingerprint density at radius 3 is 2.67 bits per heavy atom. The first-order valence-electron chi connectivity index (χ1n) is 8.16. The van der Waals surface area contributed by atoms with E-state index in [0.717, 1.165) is 26.2 Å². The van der Waals surface area contributed by atoms with E-state index in [1.807, 2.05) is 22.9 Å². The molecule has 1 spiro atoms. The molecule has 1 aliphatic carbocycles. The second kappa shape index (κ2) is 5.58. The van der Waals surface area contributed by atoms with E-state index in [9.17, 15) is 4.79 Å². The quantitative estimate of drug-likeness (QED) is 0.922. The maximum absolute atomic E-state index is 11.9. The highest BCUT2D eigenvalue weighted by molar-refractivity contribution is 5.04. The Kier molecular flexibility index (Phi) is 3.93. The Balaban J connectivity index is 1.74. The number of hydrogen-bond donors (Lipinski definition) is 1. The monoisotopic (exact) mass is 289 g/mol. The van der Waals surface area contributed by atoms with Crippen molar-refractivity contribution in [1.82, 2.24) is 14.8 Å². The fourth-order valence-electron chi connectivity index (χ4n) is 3.93. The molecule has 1 saturated carbocycles. The van der Waals surface area contributed by atoms with E-state index in [1.54, 1.807) is 6.07 Å². The second-order valence-corrected chi connectivity index (χ2v) is 7.32. The number of nitrogens with zero attached hydrogens (tertiary/aromatic N) is 2. The van der Waals surface area contributed by atoms with Crippen LogP contribution in [0.25, 0.3) is 0 Å². The minimum atomic E-state index is 0.104. The first kappa shape index (κ1) is 14.8. The van der Waals surface area contributed by atoms with Gasteiger partial charge in [0.05, 0.1) is 0 Å². The van der Waals surface area contributed by atoms with Crippen molar-refractivity contribution in [3.8, 4) is 0 Å². The third-order valence-electron chi connectivity index (χ3n) is 5.20. The highest BCUT2D eigenvalue weighted by atomic mass is 16.1. The maximum Gasteiger partial charge on any atom is 0.250 e. The van der Waals surface area contributed by atoms with E-state index < -0.39 is 0 Å². The van der Waals surface area contributed by atoms with Gasteiger partial charge in [-0.25, -0.2) is 0 Å². The Morgan fingerprint density at radius 1 is 1.19 bits per heavy atom. The number of rotatable bonds is 3. The molecule has 21 heavy (non-hydrogen) atoms. The summed E-state index contributed by atoms with van der Waals surface area (Å²) in [6.45, 7) is 8.46. The van der Waals surface area contributed by atoms with Crippen LogP contribution in [-0.4, -0.2) is 40.2 Å². The van der Waals surface area contributed by atoms with Crippen LogP contribution in [-0.2, 0) is 6.54 Å². The molecule has 0 atom stereocenters. The summed E-state index contributed by atoms with van der Waals surface area (Å²) in [7, 11) is 0. The number of aromatic nitrogens is 1. The topological polar surface area (TPSA) is 37.3 Å². The molecule has 1 aliphatic heterocycles. The van der Waals surface area contributed by atoms with Gasteiger partial charge in [-0.3, -0.25) is 9.69 Å². The fourth-order valence-corrected chi connectivity index (χ4v) is 3.93. The Bertz CT molecular complexity index is 543. The van der Waals surface area contributed by atoms with Crippen LogP contribution in [0.3, 0.4) is 0 Å². The van der Waals surface area contributed by atoms with E-state index >= 15 is 0 Å². The van der Waals surface area contributed by atoms with Crippen molar-refractivity contribution >= 4 is 0 Å². The van der Waals surface area contributed by atoms with E-state index in [-0.39, 0.29) is 11.1 Å². The molecular formula is C17H27N3O. The third-order valence-corrected chi connectivity index (χ3v) is 5.20. The van der Waals surface area contributed by atoms with Crippen molar-refractivity contribution in [2.24, 2.45) is 0 Å². The smallest absolute Gasteiger partial charge is 0.250 e. The van der Waals surface area contributed by atoms with Crippen molar-refractivity contribution in [2.75, 3.05) is 19.6 Å². The highest BCUT2D eigenvalue weighted by Crippen LogP contribution is 2.38. The lowest BCUT2D eigenvalue weighted by molar-refractivity contribution is 0.0162. The molecule has 1 saturated heterocycles. The number of nitrogens with one attached hydrogen (secondary N) is 1. The molecular weight excluding hydrogens is 262 g/mol. The molecule has 0 radical (unpaired) electrons. The van der Waals surface area contributed by atoms with Gasteiger partial charge in [0.1, 0.15) is 0 Å². The molecule has 0 amide bonds. The fraction of sp³-hybridized carbons (Fsp3) is 0.706. The van der Waals surface area contributed by atoms with Crippen LogP contribution in [0.1, 0.15) is 39.5 Å². The van der Waals surface area contributed by atoms with Gasteiger partial charge in [-0.1, -0.05) is 18.9 Å². The molecule has 2 fully saturated rings. The summed E-state index contributed by atoms with van der Waals surface area (Å²) in [5, 5.41) is 3.72. The van der Waals surface area contributed by atoms with Crippen molar-refractivity contribution in [3.05, 3.63) is 34.7 Å². The molecule has 0 aromatic carbocycles. The molecule has 116 valence electrons.